The van der Waals surface area contributed by atoms with Gasteiger partial charge in [-0.1, -0.05) is 20.8 Å². The van der Waals surface area contributed by atoms with E-state index in [-0.39, 0.29) is 23.2 Å². The highest BCUT2D eigenvalue weighted by atomic mass is 16.5. The third kappa shape index (κ3) is 4.38. The second kappa shape index (κ2) is 9.62. The normalized spacial score (nSPS) is 45.8. The average Bonchev–Trinajstić information content (AvgIpc) is 3.37. The van der Waals surface area contributed by atoms with Crippen LogP contribution in [0.25, 0.3) is 0 Å². The number of carbonyl (C=O) groups is 2. The summed E-state index contributed by atoms with van der Waals surface area (Å²) >= 11 is 0. The van der Waals surface area contributed by atoms with Crippen molar-refractivity contribution >= 4 is 18.8 Å². The van der Waals surface area contributed by atoms with E-state index >= 15 is 0 Å². The Morgan fingerprint density at radius 2 is 1.69 bits per heavy atom. The Hall–Kier alpha value is -1.59. The van der Waals surface area contributed by atoms with Crippen LogP contribution in [0.15, 0.2) is 4.99 Å². The van der Waals surface area contributed by atoms with Gasteiger partial charge in [0, 0.05) is 12.3 Å². The topological polar surface area (TPSA) is 74.2 Å². The molecule has 0 unspecified atom stereocenters. The number of nitrogens with zero attached hydrogens (tertiary/aromatic N) is 1. The minimum atomic E-state index is -0.0809. The molecule has 0 aromatic carbocycles. The van der Waals surface area contributed by atoms with Crippen LogP contribution in [0.5, 0.6) is 0 Å². The lowest BCUT2D eigenvalue weighted by Crippen LogP contribution is -2.59. The van der Waals surface area contributed by atoms with Crippen LogP contribution in [-0.4, -0.2) is 43.2 Å². The molecular formula is C30H47NO5. The van der Waals surface area contributed by atoms with Crippen molar-refractivity contribution in [1.29, 1.82) is 0 Å². The molecule has 1 aliphatic heterocycles. The van der Waals surface area contributed by atoms with Gasteiger partial charge in [0.2, 0.25) is 0 Å². The predicted molar refractivity (Wildman–Crippen MR) is 138 cm³/mol. The molecule has 4 saturated carbocycles. The van der Waals surface area contributed by atoms with Gasteiger partial charge in [0.05, 0.1) is 5.54 Å². The Bertz CT molecular complexity index is 871. The van der Waals surface area contributed by atoms with Crippen molar-refractivity contribution in [2.24, 2.45) is 51.3 Å². The van der Waals surface area contributed by atoms with E-state index < -0.39 is 0 Å². The quantitative estimate of drug-likeness (QED) is 0.384. The summed E-state index contributed by atoms with van der Waals surface area (Å²) < 4.78 is 17.2. The molecular weight excluding hydrogens is 454 g/mol. The van der Waals surface area contributed by atoms with Crippen molar-refractivity contribution in [2.75, 3.05) is 6.61 Å². The third-order valence-electron chi connectivity index (χ3n) is 11.7. The highest BCUT2D eigenvalue weighted by Crippen LogP contribution is 2.68. The first-order chi connectivity index (χ1) is 17.1. The molecule has 0 spiro atoms. The Morgan fingerprint density at radius 1 is 0.972 bits per heavy atom. The van der Waals surface area contributed by atoms with Gasteiger partial charge in [-0.15, -0.1) is 0 Å². The fraction of sp³-hybridized carbons (Fsp3) is 0.900. The van der Waals surface area contributed by atoms with Gasteiger partial charge in [0.15, 0.2) is 5.90 Å². The Morgan fingerprint density at radius 3 is 2.39 bits per heavy atom. The maximum absolute atomic E-state index is 11.6. The molecule has 5 aliphatic rings. The number of ether oxygens (including phenoxy) is 3. The Kier molecular flexibility index (Phi) is 6.95. The molecule has 0 amide bonds. The molecule has 0 saturated heterocycles. The maximum atomic E-state index is 11.6. The zero-order chi connectivity index (χ0) is 25.7. The van der Waals surface area contributed by atoms with E-state index in [4.69, 9.17) is 19.2 Å². The van der Waals surface area contributed by atoms with Crippen molar-refractivity contribution in [1.82, 2.24) is 0 Å². The van der Waals surface area contributed by atoms with Crippen LogP contribution < -0.4 is 0 Å². The van der Waals surface area contributed by atoms with E-state index in [0.717, 1.165) is 44.4 Å². The lowest BCUT2D eigenvalue weighted by atomic mass is 9.43. The summed E-state index contributed by atoms with van der Waals surface area (Å²) in [7, 11) is 0. The van der Waals surface area contributed by atoms with Gasteiger partial charge < -0.3 is 14.2 Å². The molecule has 202 valence electrons. The lowest BCUT2D eigenvalue weighted by molar-refractivity contribution is -0.190. The molecule has 0 aromatic heterocycles. The zero-order valence-electron chi connectivity index (χ0n) is 23.0. The summed E-state index contributed by atoms with van der Waals surface area (Å²) in [6.07, 6.45) is 10.9. The van der Waals surface area contributed by atoms with Crippen LogP contribution in [0.4, 0.5) is 0 Å². The van der Waals surface area contributed by atoms with Crippen molar-refractivity contribution < 1.29 is 23.8 Å². The van der Waals surface area contributed by atoms with Gasteiger partial charge in [-0.2, -0.15) is 0 Å². The maximum Gasteiger partial charge on any atom is 0.293 e. The molecule has 0 bridgehead atoms. The molecule has 5 rings (SSSR count). The number of fused-ring (bicyclic) bond motifs is 5. The molecule has 36 heavy (non-hydrogen) atoms. The Balaban J connectivity index is 1.33. The minimum absolute atomic E-state index is 0.0114. The van der Waals surface area contributed by atoms with E-state index in [1.165, 1.54) is 25.7 Å². The van der Waals surface area contributed by atoms with Gasteiger partial charge in [-0.25, -0.2) is 4.99 Å². The standard InChI is InChI=1S/C30H47NO5/c1-19(6-9-26-31-28(2,3)16-34-26)22-7-8-23-27-24(11-13-30(22,23)5)29(4)12-10-21(35-17-32)14-20(29)15-25(27)36-18-33/h17-25,27H,6-16H2,1-5H3/t19-,20+,21-,22-,23+,24+,25+,27+,29+,30-/m1/s1. The van der Waals surface area contributed by atoms with Crippen molar-refractivity contribution in [2.45, 2.75) is 117 Å². The molecule has 0 N–H and O–H groups in total. The summed E-state index contributed by atoms with van der Waals surface area (Å²) in [5.74, 6) is 4.33. The SMILES string of the molecule is C[C@H](CCC1=NC(C)(C)CO1)[C@H]1CC[C@H]2[C@@H]3[C@@H](OC=O)C[C@@H]4C[C@H](OC=O)CC[C@]4(C)[C@H]3CC[C@]12C. The fourth-order valence-electron chi connectivity index (χ4n) is 9.89. The van der Waals surface area contributed by atoms with Crippen LogP contribution in [0, 0.1) is 46.3 Å². The highest BCUT2D eigenvalue weighted by molar-refractivity contribution is 5.78. The van der Waals surface area contributed by atoms with E-state index in [0.29, 0.717) is 60.5 Å². The second-order valence-corrected chi connectivity index (χ2v) is 14.0. The lowest BCUT2D eigenvalue weighted by Gasteiger charge is -2.62. The number of carbonyl (C=O) groups excluding carboxylic acids is 2. The van der Waals surface area contributed by atoms with E-state index in [1.807, 2.05) is 0 Å². The fourth-order valence-corrected chi connectivity index (χ4v) is 9.89. The zero-order valence-corrected chi connectivity index (χ0v) is 23.0. The molecule has 4 fully saturated rings. The molecule has 4 aliphatic carbocycles. The number of aliphatic imine (C=N–C) groups is 1. The number of rotatable bonds is 8. The number of hydrogen-bond acceptors (Lipinski definition) is 6. The first-order valence-corrected chi connectivity index (χ1v) is 14.5. The van der Waals surface area contributed by atoms with Gasteiger partial charge in [-0.05, 0) is 112 Å². The van der Waals surface area contributed by atoms with Crippen LogP contribution in [-0.2, 0) is 23.8 Å². The molecule has 0 aromatic rings. The van der Waals surface area contributed by atoms with Crippen LogP contribution in [0.1, 0.15) is 98.8 Å². The first-order valence-electron chi connectivity index (χ1n) is 14.5. The summed E-state index contributed by atoms with van der Waals surface area (Å²) in [5.41, 5.74) is 0.456. The van der Waals surface area contributed by atoms with E-state index in [2.05, 4.69) is 34.6 Å². The highest BCUT2D eigenvalue weighted by Gasteiger charge is 2.63. The molecule has 6 heteroatoms. The molecule has 6 nitrogen and oxygen atoms in total. The van der Waals surface area contributed by atoms with Gasteiger partial charge in [0.25, 0.3) is 12.9 Å². The van der Waals surface area contributed by atoms with Crippen molar-refractivity contribution in [3.05, 3.63) is 0 Å². The summed E-state index contributed by atoms with van der Waals surface area (Å²) in [6.45, 7) is 13.8. The van der Waals surface area contributed by atoms with Gasteiger partial charge >= 0.3 is 0 Å². The molecule has 10 atom stereocenters. The van der Waals surface area contributed by atoms with Crippen molar-refractivity contribution in [3.63, 3.8) is 0 Å². The van der Waals surface area contributed by atoms with Gasteiger partial charge in [0.1, 0.15) is 18.8 Å². The van der Waals surface area contributed by atoms with Crippen molar-refractivity contribution in [3.8, 4) is 0 Å². The smallest absolute Gasteiger partial charge is 0.293 e. The minimum Gasteiger partial charge on any atom is -0.478 e. The van der Waals surface area contributed by atoms with Crippen LogP contribution in [0.2, 0.25) is 0 Å². The Labute approximate surface area is 217 Å². The second-order valence-electron chi connectivity index (χ2n) is 14.0. The van der Waals surface area contributed by atoms with E-state index in [9.17, 15) is 9.59 Å². The number of hydrogen-bond donors (Lipinski definition) is 0. The van der Waals surface area contributed by atoms with Crippen LogP contribution >= 0.6 is 0 Å². The molecule has 1 heterocycles. The summed E-state index contributed by atoms with van der Waals surface area (Å²) in [6, 6.07) is 0. The average molecular weight is 502 g/mol. The third-order valence-corrected chi connectivity index (χ3v) is 11.7. The largest absolute Gasteiger partial charge is 0.478 e. The van der Waals surface area contributed by atoms with Crippen LogP contribution in [0.3, 0.4) is 0 Å². The van der Waals surface area contributed by atoms with E-state index in [1.54, 1.807) is 0 Å². The monoisotopic (exact) mass is 501 g/mol. The predicted octanol–water partition coefficient (Wildman–Crippen LogP) is 5.96. The summed E-state index contributed by atoms with van der Waals surface area (Å²) in [5, 5.41) is 0. The summed E-state index contributed by atoms with van der Waals surface area (Å²) in [4.78, 5) is 27.4. The molecule has 0 radical (unpaired) electrons. The van der Waals surface area contributed by atoms with Gasteiger partial charge in [-0.3, -0.25) is 9.59 Å². The first kappa shape index (κ1) is 26.0.